The van der Waals surface area contributed by atoms with Gasteiger partial charge in [0.15, 0.2) is 0 Å². The third-order valence-corrected chi connectivity index (χ3v) is 5.69. The van der Waals surface area contributed by atoms with Crippen molar-refractivity contribution in [2.75, 3.05) is 16.9 Å². The summed E-state index contributed by atoms with van der Waals surface area (Å²) in [6, 6.07) is 13.5. The minimum Gasteiger partial charge on any atom is -0.335 e. The van der Waals surface area contributed by atoms with Gasteiger partial charge in [0.05, 0.1) is 11.4 Å². The second-order valence-electron chi connectivity index (χ2n) is 6.99. The van der Waals surface area contributed by atoms with Crippen LogP contribution >= 0.6 is 11.8 Å². The van der Waals surface area contributed by atoms with Crippen LogP contribution in [0.2, 0.25) is 0 Å². The first-order valence-corrected chi connectivity index (χ1v) is 10.4. The van der Waals surface area contributed by atoms with Crippen LogP contribution in [-0.2, 0) is 4.79 Å². The van der Waals surface area contributed by atoms with Crippen LogP contribution in [0.3, 0.4) is 0 Å². The molecule has 31 heavy (non-hydrogen) atoms. The van der Waals surface area contributed by atoms with Crippen molar-refractivity contribution in [3.63, 3.8) is 0 Å². The molecule has 1 amide bonds. The molecule has 0 unspecified atom stereocenters. The Morgan fingerprint density at radius 3 is 2.65 bits per heavy atom. The SMILES string of the molecule is Cc1ccc(NC(=O)CSc2nnc(-c3cc(-c4ccc(F)cc4)n[nH]3)n2N)cc1C. The monoisotopic (exact) mass is 437 g/mol. The average molecular weight is 438 g/mol. The fourth-order valence-corrected chi connectivity index (χ4v) is 3.57. The molecule has 0 spiro atoms. The van der Waals surface area contributed by atoms with Gasteiger partial charge < -0.3 is 11.2 Å². The van der Waals surface area contributed by atoms with E-state index in [1.807, 2.05) is 32.0 Å². The summed E-state index contributed by atoms with van der Waals surface area (Å²) in [6.45, 7) is 4.01. The zero-order valence-electron chi connectivity index (χ0n) is 16.9. The number of anilines is 1. The smallest absolute Gasteiger partial charge is 0.234 e. The van der Waals surface area contributed by atoms with Gasteiger partial charge in [0.1, 0.15) is 11.5 Å². The van der Waals surface area contributed by atoms with Crippen molar-refractivity contribution < 1.29 is 9.18 Å². The number of hydrogen-bond acceptors (Lipinski definition) is 6. The average Bonchev–Trinajstić information content (AvgIpc) is 3.36. The fraction of sp³-hybridized carbons (Fsp3) is 0.143. The van der Waals surface area contributed by atoms with E-state index < -0.39 is 0 Å². The van der Waals surface area contributed by atoms with Crippen molar-refractivity contribution in [2.24, 2.45) is 0 Å². The predicted molar refractivity (Wildman–Crippen MR) is 118 cm³/mol. The lowest BCUT2D eigenvalue weighted by Crippen LogP contribution is -2.16. The standard InChI is InChI=1S/C21H20FN7OS/c1-12-3-8-16(9-13(12)2)24-19(30)11-31-21-28-27-20(29(21)23)18-10-17(25-26-18)14-4-6-15(22)7-5-14/h3-10H,11,23H2,1-2H3,(H,24,30)(H,25,26). The van der Waals surface area contributed by atoms with E-state index in [0.717, 1.165) is 22.4 Å². The Labute approximate surface area is 182 Å². The molecule has 0 bridgehead atoms. The highest BCUT2D eigenvalue weighted by Crippen LogP contribution is 2.25. The Hall–Kier alpha value is -3.66. The lowest BCUT2D eigenvalue weighted by Gasteiger charge is -2.07. The molecule has 2 heterocycles. The quantitative estimate of drug-likeness (QED) is 0.314. The van der Waals surface area contributed by atoms with Crippen LogP contribution in [0.5, 0.6) is 0 Å². The number of aromatic nitrogens is 5. The molecule has 2 aromatic carbocycles. The first-order valence-electron chi connectivity index (χ1n) is 9.43. The number of aromatic amines is 1. The van der Waals surface area contributed by atoms with Gasteiger partial charge in [0.25, 0.3) is 0 Å². The Kier molecular flexibility index (Phi) is 5.72. The van der Waals surface area contributed by atoms with E-state index in [-0.39, 0.29) is 17.5 Å². The second kappa shape index (κ2) is 8.60. The number of nitrogens with zero attached hydrogens (tertiary/aromatic N) is 4. The first-order chi connectivity index (χ1) is 14.9. The maximum absolute atomic E-state index is 13.1. The minimum atomic E-state index is -0.315. The number of nitrogen functional groups attached to an aromatic ring is 1. The van der Waals surface area contributed by atoms with Gasteiger partial charge >= 0.3 is 0 Å². The van der Waals surface area contributed by atoms with Gasteiger partial charge in [-0.3, -0.25) is 9.89 Å². The van der Waals surface area contributed by atoms with Crippen LogP contribution in [0.4, 0.5) is 10.1 Å². The highest BCUT2D eigenvalue weighted by molar-refractivity contribution is 7.99. The predicted octanol–water partition coefficient (Wildman–Crippen LogP) is 3.54. The molecular formula is C21H20FN7OS. The van der Waals surface area contributed by atoms with Gasteiger partial charge in [-0.25, -0.2) is 9.07 Å². The molecule has 8 nitrogen and oxygen atoms in total. The van der Waals surface area contributed by atoms with Crippen LogP contribution < -0.4 is 11.2 Å². The van der Waals surface area contributed by atoms with Gasteiger partial charge in [-0.15, -0.1) is 10.2 Å². The summed E-state index contributed by atoms with van der Waals surface area (Å²) in [5.41, 5.74) is 4.95. The Morgan fingerprint density at radius 1 is 1.13 bits per heavy atom. The minimum absolute atomic E-state index is 0.131. The highest BCUT2D eigenvalue weighted by atomic mass is 32.2. The first kappa shape index (κ1) is 20.6. The maximum atomic E-state index is 13.1. The molecule has 0 aliphatic carbocycles. The van der Waals surface area contributed by atoms with Gasteiger partial charge in [0, 0.05) is 11.3 Å². The number of thioether (sulfide) groups is 1. The van der Waals surface area contributed by atoms with E-state index in [1.54, 1.807) is 18.2 Å². The number of nitrogens with one attached hydrogen (secondary N) is 2. The largest absolute Gasteiger partial charge is 0.335 e. The molecular weight excluding hydrogens is 417 g/mol. The van der Waals surface area contributed by atoms with Crippen molar-refractivity contribution in [3.8, 4) is 22.8 Å². The number of carbonyl (C=O) groups is 1. The molecule has 4 N–H and O–H groups in total. The number of nitrogens with two attached hydrogens (primary N) is 1. The molecule has 0 saturated heterocycles. The van der Waals surface area contributed by atoms with Crippen molar-refractivity contribution in [1.82, 2.24) is 25.1 Å². The highest BCUT2D eigenvalue weighted by Gasteiger charge is 2.16. The van der Waals surface area contributed by atoms with Crippen LogP contribution in [0.15, 0.2) is 53.7 Å². The van der Waals surface area contributed by atoms with Gasteiger partial charge in [0.2, 0.25) is 16.9 Å². The molecule has 0 saturated carbocycles. The lowest BCUT2D eigenvalue weighted by atomic mass is 10.1. The number of carbonyl (C=O) groups excluding carboxylic acids is 1. The summed E-state index contributed by atoms with van der Waals surface area (Å²) in [5, 5.41) is 18.5. The zero-order chi connectivity index (χ0) is 22.0. The van der Waals surface area contributed by atoms with Crippen molar-refractivity contribution in [3.05, 3.63) is 65.5 Å². The molecule has 0 fully saturated rings. The number of hydrogen-bond donors (Lipinski definition) is 3. The Balaban J connectivity index is 1.42. The number of rotatable bonds is 6. The molecule has 0 aliphatic heterocycles. The summed E-state index contributed by atoms with van der Waals surface area (Å²) >= 11 is 1.18. The van der Waals surface area contributed by atoms with Gasteiger partial charge in [-0.2, -0.15) is 5.10 Å². The van der Waals surface area contributed by atoms with Crippen LogP contribution in [0.25, 0.3) is 22.8 Å². The van der Waals surface area contributed by atoms with E-state index in [0.29, 0.717) is 22.4 Å². The van der Waals surface area contributed by atoms with Gasteiger partial charge in [-0.1, -0.05) is 17.8 Å². The molecule has 0 atom stereocenters. The molecule has 0 radical (unpaired) electrons. The molecule has 4 rings (SSSR count). The van der Waals surface area contributed by atoms with Crippen molar-refractivity contribution in [1.29, 1.82) is 0 Å². The summed E-state index contributed by atoms with van der Waals surface area (Å²) < 4.78 is 14.4. The lowest BCUT2D eigenvalue weighted by molar-refractivity contribution is -0.113. The number of H-pyrrole nitrogens is 1. The third kappa shape index (κ3) is 4.58. The van der Waals surface area contributed by atoms with Crippen LogP contribution in [-0.4, -0.2) is 36.7 Å². The van der Waals surface area contributed by atoms with Crippen molar-refractivity contribution in [2.45, 2.75) is 19.0 Å². The zero-order valence-corrected chi connectivity index (χ0v) is 17.7. The molecule has 10 heteroatoms. The molecule has 158 valence electrons. The summed E-state index contributed by atoms with van der Waals surface area (Å²) in [4.78, 5) is 12.3. The topological polar surface area (TPSA) is 115 Å². The molecule has 2 aromatic heterocycles. The van der Waals surface area contributed by atoms with E-state index in [4.69, 9.17) is 5.84 Å². The number of aryl methyl sites for hydroxylation is 2. The summed E-state index contributed by atoms with van der Waals surface area (Å²) in [5.74, 6) is 6.14. The Morgan fingerprint density at radius 2 is 1.90 bits per heavy atom. The number of halogens is 1. The number of benzene rings is 2. The van der Waals surface area contributed by atoms with E-state index in [2.05, 4.69) is 25.7 Å². The molecule has 4 aromatic rings. The van der Waals surface area contributed by atoms with Crippen LogP contribution in [0.1, 0.15) is 11.1 Å². The van der Waals surface area contributed by atoms with Gasteiger partial charge in [-0.05, 0) is 67.4 Å². The normalized spacial score (nSPS) is 10.9. The summed E-state index contributed by atoms with van der Waals surface area (Å²) in [6.07, 6.45) is 0. The third-order valence-electron chi connectivity index (χ3n) is 4.75. The van der Waals surface area contributed by atoms with Crippen molar-refractivity contribution >= 4 is 23.4 Å². The summed E-state index contributed by atoms with van der Waals surface area (Å²) in [7, 11) is 0. The van der Waals surface area contributed by atoms with E-state index in [9.17, 15) is 9.18 Å². The number of amides is 1. The maximum Gasteiger partial charge on any atom is 0.234 e. The van der Waals surface area contributed by atoms with E-state index in [1.165, 1.54) is 28.6 Å². The molecule has 0 aliphatic rings. The van der Waals surface area contributed by atoms with E-state index >= 15 is 0 Å². The fourth-order valence-electron chi connectivity index (χ4n) is 2.91. The second-order valence-corrected chi connectivity index (χ2v) is 7.93. The van der Waals surface area contributed by atoms with Crippen LogP contribution in [0, 0.1) is 19.7 Å². The Bertz CT molecular complexity index is 1230.